The first-order valence-electron chi connectivity index (χ1n) is 5.32. The maximum absolute atomic E-state index is 12.9. The van der Waals surface area contributed by atoms with Gasteiger partial charge in [0.15, 0.2) is 6.17 Å². The molecule has 0 bridgehead atoms. The van der Waals surface area contributed by atoms with Crippen molar-refractivity contribution in [2.45, 2.75) is 37.1 Å². The van der Waals surface area contributed by atoms with E-state index in [-0.39, 0.29) is 5.92 Å². The maximum atomic E-state index is 12.9. The first-order chi connectivity index (χ1) is 8.16. The molecule has 0 spiro atoms. The Kier molecular flexibility index (Phi) is 4.60. The highest BCUT2D eigenvalue weighted by Crippen LogP contribution is 2.30. The van der Waals surface area contributed by atoms with E-state index in [0.717, 1.165) is 6.42 Å². The van der Waals surface area contributed by atoms with Gasteiger partial charge in [-0.05, 0) is 12.8 Å². The summed E-state index contributed by atoms with van der Waals surface area (Å²) in [5, 5.41) is -4.89. The average Bonchev–Trinajstić information content (AvgIpc) is 2.12. The largest absolute Gasteiger partial charge is 0.465 e. The number of alkyl halides is 3. The lowest BCUT2D eigenvalue weighted by molar-refractivity contribution is -0.152. The Bertz CT molecular complexity index is 404. The van der Waals surface area contributed by atoms with Gasteiger partial charge in [-0.1, -0.05) is 6.42 Å². The van der Waals surface area contributed by atoms with Crippen LogP contribution in [0.25, 0.3) is 0 Å². The van der Waals surface area contributed by atoms with Gasteiger partial charge in [-0.2, -0.15) is 17.2 Å². The zero-order valence-electron chi connectivity index (χ0n) is 9.31. The van der Waals surface area contributed by atoms with Crippen molar-refractivity contribution in [3.05, 3.63) is 0 Å². The molecule has 9 heteroatoms. The topological polar surface area (TPSA) is 80.7 Å². The fraction of sp³-hybridized carbons (Fsp3) is 0.889. The van der Waals surface area contributed by atoms with Crippen LogP contribution in [0.3, 0.4) is 0 Å². The molecule has 1 aliphatic carbocycles. The third-order valence-electron chi connectivity index (χ3n) is 2.76. The number of carbonyl (C=O) groups is 1. The molecule has 0 aromatic heterocycles. The van der Waals surface area contributed by atoms with Gasteiger partial charge >= 0.3 is 21.3 Å². The minimum Gasteiger partial charge on any atom is -0.465 e. The van der Waals surface area contributed by atoms with Crippen LogP contribution in [0.1, 0.15) is 25.7 Å². The molecule has 1 fully saturated rings. The molecule has 1 unspecified atom stereocenters. The predicted molar refractivity (Wildman–Crippen MR) is 54.3 cm³/mol. The Balaban J connectivity index is 2.36. The third kappa shape index (κ3) is 3.35. The zero-order chi connectivity index (χ0) is 14.0. The summed E-state index contributed by atoms with van der Waals surface area (Å²) in [7, 11) is -5.81. The van der Waals surface area contributed by atoms with Gasteiger partial charge in [-0.3, -0.25) is 9.35 Å². The minimum atomic E-state index is -5.81. The number of carbonyl (C=O) groups excluding carboxylic acids is 1. The molecular formula is C9H13F3O5S. The van der Waals surface area contributed by atoms with Gasteiger partial charge in [-0.15, -0.1) is 0 Å². The highest BCUT2D eigenvalue weighted by molar-refractivity contribution is 7.86. The lowest BCUT2D eigenvalue weighted by Gasteiger charge is -2.23. The molecule has 5 nitrogen and oxygen atoms in total. The summed E-state index contributed by atoms with van der Waals surface area (Å²) in [5.74, 6) is -0.867. The molecule has 0 radical (unpaired) electrons. The van der Waals surface area contributed by atoms with Crippen molar-refractivity contribution in [1.82, 2.24) is 0 Å². The molecule has 0 saturated heterocycles. The third-order valence-corrected chi connectivity index (χ3v) is 3.71. The Morgan fingerprint density at radius 3 is 2.39 bits per heavy atom. The first-order valence-corrected chi connectivity index (χ1v) is 6.76. The molecule has 1 atom stereocenters. The quantitative estimate of drug-likeness (QED) is 0.593. The Hall–Kier alpha value is -0.830. The van der Waals surface area contributed by atoms with Crippen molar-refractivity contribution >= 4 is 16.1 Å². The molecular weight excluding hydrogens is 277 g/mol. The summed E-state index contributed by atoms with van der Waals surface area (Å²) in [5.41, 5.74) is 0. The van der Waals surface area contributed by atoms with Crippen LogP contribution in [-0.2, 0) is 19.6 Å². The van der Waals surface area contributed by atoms with E-state index in [0.29, 0.717) is 12.8 Å². The zero-order valence-corrected chi connectivity index (χ0v) is 10.1. The highest BCUT2D eigenvalue weighted by atomic mass is 32.2. The van der Waals surface area contributed by atoms with E-state index < -0.39 is 40.5 Å². The van der Waals surface area contributed by atoms with Crippen LogP contribution in [0.5, 0.6) is 0 Å². The summed E-state index contributed by atoms with van der Waals surface area (Å²) in [6.07, 6.45) is -1.93. The molecule has 18 heavy (non-hydrogen) atoms. The van der Waals surface area contributed by atoms with Crippen molar-refractivity contribution in [2.24, 2.45) is 5.92 Å². The van der Waals surface area contributed by atoms with E-state index in [1.807, 2.05) is 0 Å². The van der Waals surface area contributed by atoms with Gasteiger partial charge in [0, 0.05) is 6.42 Å². The van der Waals surface area contributed by atoms with Gasteiger partial charge in [0.1, 0.15) is 0 Å². The molecule has 0 aromatic rings. The summed E-state index contributed by atoms with van der Waals surface area (Å²) >= 11 is 0. The van der Waals surface area contributed by atoms with Crippen molar-refractivity contribution in [3.8, 4) is 0 Å². The van der Waals surface area contributed by atoms with Gasteiger partial charge in [0.2, 0.25) is 0 Å². The van der Waals surface area contributed by atoms with Crippen LogP contribution in [-0.4, -0.2) is 37.0 Å². The van der Waals surface area contributed by atoms with Crippen molar-refractivity contribution in [2.75, 3.05) is 6.61 Å². The van der Waals surface area contributed by atoms with E-state index >= 15 is 0 Å². The van der Waals surface area contributed by atoms with Gasteiger partial charge in [-0.25, -0.2) is 4.39 Å². The van der Waals surface area contributed by atoms with Crippen LogP contribution in [0, 0.1) is 5.92 Å². The second kappa shape index (κ2) is 5.43. The molecule has 0 heterocycles. The Morgan fingerprint density at radius 1 is 1.44 bits per heavy atom. The van der Waals surface area contributed by atoms with E-state index in [1.54, 1.807) is 0 Å². The molecule has 1 saturated carbocycles. The minimum absolute atomic E-state index is 0.273. The Labute approximate surface area is 102 Å². The maximum Gasteiger partial charge on any atom is 0.400 e. The van der Waals surface area contributed by atoms with Gasteiger partial charge in [0.05, 0.1) is 12.5 Å². The Morgan fingerprint density at radius 2 is 2.00 bits per heavy atom. The smallest absolute Gasteiger partial charge is 0.400 e. The molecule has 0 amide bonds. The van der Waals surface area contributed by atoms with Gasteiger partial charge < -0.3 is 4.74 Å². The molecule has 106 valence electrons. The number of rotatable bonds is 6. The summed E-state index contributed by atoms with van der Waals surface area (Å²) < 4.78 is 71.5. The SMILES string of the molecule is O=C(OCCC(F)C(F)(F)S(=O)(=O)O)C1CCC1. The van der Waals surface area contributed by atoms with Crippen LogP contribution < -0.4 is 0 Å². The van der Waals surface area contributed by atoms with Crippen molar-refractivity contribution < 1.29 is 35.7 Å². The molecule has 1 aliphatic rings. The van der Waals surface area contributed by atoms with Crippen LogP contribution >= 0.6 is 0 Å². The van der Waals surface area contributed by atoms with E-state index in [1.165, 1.54) is 0 Å². The van der Waals surface area contributed by atoms with E-state index in [2.05, 4.69) is 4.74 Å². The highest BCUT2D eigenvalue weighted by Gasteiger charge is 2.52. The van der Waals surface area contributed by atoms with Crippen molar-refractivity contribution in [3.63, 3.8) is 0 Å². The lowest BCUT2D eigenvalue weighted by Crippen LogP contribution is -2.39. The van der Waals surface area contributed by atoms with Crippen LogP contribution in [0.4, 0.5) is 13.2 Å². The average molecular weight is 290 g/mol. The first kappa shape index (κ1) is 15.2. The summed E-state index contributed by atoms with van der Waals surface area (Å²) in [6.45, 7) is -0.651. The standard InChI is InChI=1S/C9H13F3O5S/c10-7(9(11,12)18(14,15)16)4-5-17-8(13)6-2-1-3-6/h6-7H,1-5H2,(H,14,15,16). The fourth-order valence-electron chi connectivity index (χ4n) is 1.35. The normalized spacial score (nSPS) is 19.1. The second-order valence-electron chi connectivity index (χ2n) is 4.09. The molecule has 1 N–H and O–H groups in total. The van der Waals surface area contributed by atoms with E-state index in [4.69, 9.17) is 4.55 Å². The van der Waals surface area contributed by atoms with Crippen molar-refractivity contribution in [1.29, 1.82) is 0 Å². The second-order valence-corrected chi connectivity index (χ2v) is 5.58. The van der Waals surface area contributed by atoms with Crippen LogP contribution in [0.15, 0.2) is 0 Å². The number of hydrogen-bond acceptors (Lipinski definition) is 4. The molecule has 1 rings (SSSR count). The number of ether oxygens (including phenoxy) is 1. The fourth-order valence-corrected chi connectivity index (χ4v) is 1.80. The number of hydrogen-bond donors (Lipinski definition) is 1. The molecule has 0 aliphatic heterocycles. The predicted octanol–water partition coefficient (Wildman–Crippen LogP) is 1.54. The van der Waals surface area contributed by atoms with Crippen LogP contribution in [0.2, 0.25) is 0 Å². The summed E-state index contributed by atoms with van der Waals surface area (Å²) in [4.78, 5) is 11.2. The summed E-state index contributed by atoms with van der Waals surface area (Å²) in [6, 6.07) is 0. The monoisotopic (exact) mass is 290 g/mol. The number of esters is 1. The lowest BCUT2D eigenvalue weighted by atomic mass is 9.86. The molecule has 0 aromatic carbocycles. The van der Waals surface area contributed by atoms with Gasteiger partial charge in [0.25, 0.3) is 0 Å². The van der Waals surface area contributed by atoms with E-state index in [9.17, 15) is 26.4 Å². The number of halogens is 3.